The van der Waals surface area contributed by atoms with E-state index in [1.807, 2.05) is 30.3 Å². The summed E-state index contributed by atoms with van der Waals surface area (Å²) in [6.07, 6.45) is 1.64. The Kier molecular flexibility index (Phi) is 3.63. The van der Waals surface area contributed by atoms with Crippen molar-refractivity contribution in [3.05, 3.63) is 42.2 Å². The maximum absolute atomic E-state index is 12.2. The zero-order valence-electron chi connectivity index (χ0n) is 12.5. The number of rotatable bonds is 2. The summed E-state index contributed by atoms with van der Waals surface area (Å²) >= 11 is 1.16. The Morgan fingerprint density at radius 2 is 2.21 bits per heavy atom. The molecule has 0 aliphatic carbocycles. The minimum atomic E-state index is -0.159. The van der Waals surface area contributed by atoms with E-state index in [0.717, 1.165) is 28.6 Å². The maximum atomic E-state index is 12.2. The number of amides is 1. The van der Waals surface area contributed by atoms with Gasteiger partial charge in [0, 0.05) is 11.8 Å². The zero-order valence-corrected chi connectivity index (χ0v) is 13.4. The molecule has 4 rings (SSSR count). The largest absolute Gasteiger partial charge is 0.489 e. The lowest BCUT2D eigenvalue weighted by atomic mass is 10.0. The summed E-state index contributed by atoms with van der Waals surface area (Å²) in [6.45, 7) is 0.317. The number of nitrogens with zero attached hydrogens (tertiary/aromatic N) is 3. The number of aromatic nitrogens is 1. The predicted octanol–water partition coefficient (Wildman–Crippen LogP) is 2.42. The van der Waals surface area contributed by atoms with Crippen LogP contribution in [0, 0.1) is 11.3 Å². The second-order valence-corrected chi connectivity index (χ2v) is 6.77. The number of carbonyl (C=O) groups is 1. The topological polar surface area (TPSA) is 86.4 Å². The molecule has 0 spiro atoms. The number of benzene rings is 1. The van der Waals surface area contributed by atoms with Crippen LogP contribution in [0.1, 0.15) is 5.69 Å². The highest BCUT2D eigenvalue weighted by Crippen LogP contribution is 2.44. The average molecular weight is 339 g/mol. The number of ether oxygens (including phenoxy) is 1. The highest BCUT2D eigenvalue weighted by Gasteiger charge is 2.45. The zero-order chi connectivity index (χ0) is 16.7. The van der Waals surface area contributed by atoms with Gasteiger partial charge in [0.15, 0.2) is 0 Å². The summed E-state index contributed by atoms with van der Waals surface area (Å²) in [5.74, 6) is 0.639. The molecule has 2 aromatic rings. The van der Waals surface area contributed by atoms with Crippen molar-refractivity contribution in [1.29, 1.82) is 5.26 Å². The normalized spacial score (nSPS) is 21.7. The standard InChI is InChI=1S/C17H13N3O3S/c18-6-12-3-1-11(7-19-12)10-2-4-13-15(5-10)23-9-14-16(8-21)24-17(22)20(13)14/h1-5,7,14,16,21H,8-9H2/t14-,16-/m0/s1. The fourth-order valence-electron chi connectivity index (χ4n) is 3.00. The third kappa shape index (κ3) is 2.31. The molecule has 0 bridgehead atoms. The van der Waals surface area contributed by atoms with Gasteiger partial charge in [0.1, 0.15) is 24.1 Å². The van der Waals surface area contributed by atoms with Crippen molar-refractivity contribution in [2.24, 2.45) is 0 Å². The van der Waals surface area contributed by atoms with Gasteiger partial charge in [-0.15, -0.1) is 0 Å². The van der Waals surface area contributed by atoms with E-state index < -0.39 is 0 Å². The van der Waals surface area contributed by atoms with Crippen LogP contribution in [0.3, 0.4) is 0 Å². The second-order valence-electron chi connectivity index (χ2n) is 5.58. The summed E-state index contributed by atoms with van der Waals surface area (Å²) in [5, 5.41) is 18.0. The molecule has 120 valence electrons. The van der Waals surface area contributed by atoms with E-state index in [9.17, 15) is 9.90 Å². The molecule has 6 nitrogen and oxygen atoms in total. The third-order valence-electron chi connectivity index (χ3n) is 4.23. The van der Waals surface area contributed by atoms with E-state index in [1.54, 1.807) is 17.2 Å². The van der Waals surface area contributed by atoms with Gasteiger partial charge >= 0.3 is 0 Å². The van der Waals surface area contributed by atoms with Crippen LogP contribution in [-0.2, 0) is 0 Å². The van der Waals surface area contributed by atoms with Crippen LogP contribution < -0.4 is 9.64 Å². The number of fused-ring (bicyclic) bond motifs is 3. The number of anilines is 1. The molecule has 1 saturated heterocycles. The van der Waals surface area contributed by atoms with E-state index in [1.165, 1.54) is 0 Å². The summed E-state index contributed by atoms with van der Waals surface area (Å²) < 4.78 is 5.83. The van der Waals surface area contributed by atoms with Gasteiger partial charge < -0.3 is 9.84 Å². The fourth-order valence-corrected chi connectivity index (χ4v) is 4.04. The Morgan fingerprint density at radius 3 is 2.92 bits per heavy atom. The highest BCUT2D eigenvalue weighted by atomic mass is 32.2. The quantitative estimate of drug-likeness (QED) is 0.904. The molecular weight excluding hydrogens is 326 g/mol. The first-order valence-corrected chi connectivity index (χ1v) is 8.33. The number of hydrogen-bond donors (Lipinski definition) is 1. The third-order valence-corrected chi connectivity index (χ3v) is 5.39. The number of carbonyl (C=O) groups excluding carboxylic acids is 1. The summed E-state index contributed by atoms with van der Waals surface area (Å²) in [4.78, 5) is 18.0. The van der Waals surface area contributed by atoms with Gasteiger partial charge in [0.05, 0.1) is 23.6 Å². The molecule has 24 heavy (non-hydrogen) atoms. The number of pyridine rings is 1. The molecule has 2 atom stereocenters. The number of nitriles is 1. The van der Waals surface area contributed by atoms with Crippen molar-refractivity contribution < 1.29 is 14.6 Å². The number of aliphatic hydroxyl groups is 1. The van der Waals surface area contributed by atoms with Crippen LogP contribution >= 0.6 is 11.8 Å². The Balaban J connectivity index is 1.70. The first kappa shape index (κ1) is 15.0. The first-order chi connectivity index (χ1) is 11.7. The lowest BCUT2D eigenvalue weighted by Gasteiger charge is -2.33. The molecule has 1 amide bonds. The maximum Gasteiger partial charge on any atom is 0.287 e. The molecule has 2 aliphatic heterocycles. The molecule has 1 aromatic carbocycles. The van der Waals surface area contributed by atoms with Crippen LogP contribution in [-0.4, -0.2) is 39.8 Å². The van der Waals surface area contributed by atoms with E-state index in [4.69, 9.17) is 10.00 Å². The number of aliphatic hydroxyl groups excluding tert-OH is 1. The van der Waals surface area contributed by atoms with Crippen LogP contribution in [0.15, 0.2) is 36.5 Å². The van der Waals surface area contributed by atoms with E-state index >= 15 is 0 Å². The van der Waals surface area contributed by atoms with E-state index in [-0.39, 0.29) is 23.1 Å². The molecule has 1 N–H and O–H groups in total. The minimum Gasteiger partial charge on any atom is -0.489 e. The molecule has 7 heteroatoms. The molecule has 2 aliphatic rings. The van der Waals surface area contributed by atoms with Gasteiger partial charge in [-0.2, -0.15) is 5.26 Å². The van der Waals surface area contributed by atoms with Gasteiger partial charge in [-0.25, -0.2) is 4.98 Å². The predicted molar refractivity (Wildman–Crippen MR) is 90.0 cm³/mol. The molecular formula is C17H13N3O3S. The first-order valence-electron chi connectivity index (χ1n) is 7.45. The molecule has 0 unspecified atom stereocenters. The minimum absolute atomic E-state index is 0.0503. The van der Waals surface area contributed by atoms with Gasteiger partial charge in [0.25, 0.3) is 5.24 Å². The van der Waals surface area contributed by atoms with Crippen molar-refractivity contribution in [3.8, 4) is 22.9 Å². The molecule has 0 saturated carbocycles. The van der Waals surface area contributed by atoms with Crippen molar-refractivity contribution in [3.63, 3.8) is 0 Å². The Morgan fingerprint density at radius 1 is 1.38 bits per heavy atom. The van der Waals surface area contributed by atoms with E-state index in [0.29, 0.717) is 18.1 Å². The van der Waals surface area contributed by atoms with Crippen LogP contribution in [0.2, 0.25) is 0 Å². The van der Waals surface area contributed by atoms with Crippen molar-refractivity contribution >= 4 is 22.7 Å². The molecule has 1 aromatic heterocycles. The monoisotopic (exact) mass is 339 g/mol. The second kappa shape index (κ2) is 5.82. The Bertz CT molecular complexity index is 847. The molecule has 0 radical (unpaired) electrons. The van der Waals surface area contributed by atoms with Gasteiger partial charge in [0.2, 0.25) is 0 Å². The molecule has 3 heterocycles. The Hall–Kier alpha value is -2.56. The lowest BCUT2D eigenvalue weighted by molar-refractivity contribution is 0.225. The Labute approximate surface area is 142 Å². The number of hydrogen-bond acceptors (Lipinski definition) is 6. The smallest absolute Gasteiger partial charge is 0.287 e. The van der Waals surface area contributed by atoms with Crippen molar-refractivity contribution in [1.82, 2.24) is 4.98 Å². The fraction of sp³-hybridized carbons (Fsp3) is 0.235. The van der Waals surface area contributed by atoms with Gasteiger partial charge in [-0.05, 0) is 29.8 Å². The average Bonchev–Trinajstić information content (AvgIpc) is 2.97. The SMILES string of the molecule is N#Cc1ccc(-c2ccc3c(c2)OC[C@H]2[C@H](CO)SC(=O)N32)cn1. The van der Waals surface area contributed by atoms with E-state index in [2.05, 4.69) is 4.98 Å². The van der Waals surface area contributed by atoms with Gasteiger partial charge in [-0.3, -0.25) is 9.69 Å². The van der Waals surface area contributed by atoms with Crippen molar-refractivity contribution in [2.45, 2.75) is 11.3 Å². The van der Waals surface area contributed by atoms with Crippen LogP contribution in [0.25, 0.3) is 11.1 Å². The summed E-state index contributed by atoms with van der Waals surface area (Å²) in [7, 11) is 0. The van der Waals surface area contributed by atoms with Crippen LogP contribution in [0.4, 0.5) is 10.5 Å². The number of thioether (sulfide) groups is 1. The lowest BCUT2D eigenvalue weighted by Crippen LogP contribution is -2.45. The van der Waals surface area contributed by atoms with Crippen LogP contribution in [0.5, 0.6) is 5.75 Å². The van der Waals surface area contributed by atoms with Gasteiger partial charge in [-0.1, -0.05) is 17.8 Å². The highest BCUT2D eigenvalue weighted by molar-refractivity contribution is 8.15. The summed E-state index contributed by atoms with van der Waals surface area (Å²) in [5.41, 5.74) is 2.87. The molecule has 1 fully saturated rings. The van der Waals surface area contributed by atoms with Crippen molar-refractivity contribution in [2.75, 3.05) is 18.1 Å². The summed E-state index contributed by atoms with van der Waals surface area (Å²) in [6, 6.07) is 11.0.